The van der Waals surface area contributed by atoms with E-state index in [-0.39, 0.29) is 11.8 Å². The van der Waals surface area contributed by atoms with Gasteiger partial charge in [-0.05, 0) is 25.0 Å². The SMILES string of the molecule is C=C(CNC(C)C)CN1CCCC(C(=O)NC)C1. The molecule has 1 atom stereocenters. The Morgan fingerprint density at radius 3 is 2.83 bits per heavy atom. The highest BCUT2D eigenvalue weighted by Gasteiger charge is 2.24. The van der Waals surface area contributed by atoms with Crippen LogP contribution >= 0.6 is 0 Å². The number of piperidine rings is 1. The number of amides is 1. The summed E-state index contributed by atoms with van der Waals surface area (Å²) in [6.07, 6.45) is 2.11. The quantitative estimate of drug-likeness (QED) is 0.694. The summed E-state index contributed by atoms with van der Waals surface area (Å²) in [5.74, 6) is 0.320. The van der Waals surface area contributed by atoms with Gasteiger partial charge in [-0.2, -0.15) is 0 Å². The molecule has 0 bridgehead atoms. The largest absolute Gasteiger partial charge is 0.359 e. The van der Waals surface area contributed by atoms with E-state index >= 15 is 0 Å². The van der Waals surface area contributed by atoms with Crippen molar-refractivity contribution in [2.45, 2.75) is 32.7 Å². The first-order chi connectivity index (χ1) is 8.52. The molecule has 1 fully saturated rings. The van der Waals surface area contributed by atoms with Crippen molar-refractivity contribution in [1.29, 1.82) is 0 Å². The predicted molar refractivity (Wildman–Crippen MR) is 75.5 cm³/mol. The molecule has 1 amide bonds. The molecule has 0 aromatic heterocycles. The molecule has 0 saturated carbocycles. The van der Waals surface area contributed by atoms with Crippen molar-refractivity contribution in [2.24, 2.45) is 5.92 Å². The fourth-order valence-corrected chi connectivity index (χ4v) is 2.34. The van der Waals surface area contributed by atoms with E-state index in [9.17, 15) is 4.79 Å². The second kappa shape index (κ2) is 7.54. The van der Waals surface area contributed by atoms with Crippen LogP contribution < -0.4 is 10.6 Å². The third-order valence-electron chi connectivity index (χ3n) is 3.33. The fourth-order valence-electron chi connectivity index (χ4n) is 2.34. The second-order valence-electron chi connectivity index (χ2n) is 5.47. The summed E-state index contributed by atoms with van der Waals surface area (Å²) in [5.41, 5.74) is 1.20. The molecule has 1 saturated heterocycles. The molecule has 1 heterocycles. The van der Waals surface area contributed by atoms with Gasteiger partial charge < -0.3 is 10.6 Å². The van der Waals surface area contributed by atoms with E-state index in [2.05, 4.69) is 36.0 Å². The average molecular weight is 253 g/mol. The lowest BCUT2D eigenvalue weighted by Gasteiger charge is -2.32. The summed E-state index contributed by atoms with van der Waals surface area (Å²) in [4.78, 5) is 14.0. The van der Waals surface area contributed by atoms with Gasteiger partial charge in [-0.3, -0.25) is 9.69 Å². The summed E-state index contributed by atoms with van der Waals surface area (Å²) in [6, 6.07) is 0.488. The van der Waals surface area contributed by atoms with E-state index in [0.29, 0.717) is 6.04 Å². The van der Waals surface area contributed by atoms with Gasteiger partial charge in [-0.15, -0.1) is 0 Å². The van der Waals surface area contributed by atoms with Gasteiger partial charge in [0.2, 0.25) is 5.91 Å². The van der Waals surface area contributed by atoms with E-state index in [1.54, 1.807) is 7.05 Å². The van der Waals surface area contributed by atoms with Crippen LogP contribution in [0.15, 0.2) is 12.2 Å². The highest BCUT2D eigenvalue weighted by molar-refractivity contribution is 5.78. The summed E-state index contributed by atoms with van der Waals surface area (Å²) < 4.78 is 0. The Labute approximate surface area is 111 Å². The zero-order valence-corrected chi connectivity index (χ0v) is 12.0. The monoisotopic (exact) mass is 253 g/mol. The maximum absolute atomic E-state index is 11.6. The maximum atomic E-state index is 11.6. The van der Waals surface area contributed by atoms with Crippen molar-refractivity contribution in [3.05, 3.63) is 12.2 Å². The summed E-state index contributed by atoms with van der Waals surface area (Å²) in [5, 5.41) is 6.12. The van der Waals surface area contributed by atoms with E-state index < -0.39 is 0 Å². The molecule has 0 aliphatic carbocycles. The first-order valence-electron chi connectivity index (χ1n) is 6.87. The molecule has 1 aliphatic heterocycles. The van der Waals surface area contributed by atoms with Gasteiger partial charge in [0.05, 0.1) is 5.92 Å². The first-order valence-corrected chi connectivity index (χ1v) is 6.87. The van der Waals surface area contributed by atoms with Crippen molar-refractivity contribution in [1.82, 2.24) is 15.5 Å². The molecule has 104 valence electrons. The van der Waals surface area contributed by atoms with Crippen molar-refractivity contribution in [3.63, 3.8) is 0 Å². The molecule has 1 aliphatic rings. The van der Waals surface area contributed by atoms with Gasteiger partial charge >= 0.3 is 0 Å². The Morgan fingerprint density at radius 2 is 2.22 bits per heavy atom. The minimum Gasteiger partial charge on any atom is -0.359 e. The molecule has 4 heteroatoms. The molecule has 0 spiro atoms. The van der Waals surface area contributed by atoms with Crippen LogP contribution in [0, 0.1) is 5.92 Å². The maximum Gasteiger partial charge on any atom is 0.224 e. The lowest BCUT2D eigenvalue weighted by atomic mass is 9.97. The van der Waals surface area contributed by atoms with Crippen molar-refractivity contribution >= 4 is 5.91 Å². The third kappa shape index (κ3) is 5.19. The van der Waals surface area contributed by atoms with Crippen LogP contribution in [0.4, 0.5) is 0 Å². The Hall–Kier alpha value is -0.870. The highest BCUT2D eigenvalue weighted by Crippen LogP contribution is 2.17. The van der Waals surface area contributed by atoms with Crippen LogP contribution in [0.25, 0.3) is 0 Å². The number of hydrogen-bond donors (Lipinski definition) is 2. The van der Waals surface area contributed by atoms with Gasteiger partial charge in [-0.1, -0.05) is 20.4 Å². The van der Waals surface area contributed by atoms with Crippen LogP contribution in [0.1, 0.15) is 26.7 Å². The number of likely N-dealkylation sites (tertiary alicyclic amines) is 1. The highest BCUT2D eigenvalue weighted by atomic mass is 16.1. The molecular weight excluding hydrogens is 226 g/mol. The molecule has 0 aromatic carbocycles. The molecule has 2 N–H and O–H groups in total. The summed E-state index contributed by atoms with van der Waals surface area (Å²) >= 11 is 0. The van der Waals surface area contributed by atoms with Gasteiger partial charge in [0, 0.05) is 32.7 Å². The van der Waals surface area contributed by atoms with Crippen LogP contribution in [-0.2, 0) is 4.79 Å². The van der Waals surface area contributed by atoms with Gasteiger partial charge in [0.15, 0.2) is 0 Å². The van der Waals surface area contributed by atoms with E-state index in [4.69, 9.17) is 0 Å². The predicted octanol–water partition coefficient (Wildman–Crippen LogP) is 0.999. The number of rotatable bonds is 6. The second-order valence-corrected chi connectivity index (χ2v) is 5.47. The van der Waals surface area contributed by atoms with Crippen LogP contribution in [0.2, 0.25) is 0 Å². The van der Waals surface area contributed by atoms with Crippen molar-refractivity contribution < 1.29 is 4.79 Å². The minimum atomic E-state index is 0.148. The Morgan fingerprint density at radius 1 is 1.50 bits per heavy atom. The van der Waals surface area contributed by atoms with Crippen molar-refractivity contribution in [2.75, 3.05) is 33.2 Å². The Kier molecular flexibility index (Phi) is 6.36. The van der Waals surface area contributed by atoms with E-state index in [0.717, 1.165) is 39.0 Å². The van der Waals surface area contributed by atoms with E-state index in [1.807, 2.05) is 0 Å². The number of carbonyl (C=O) groups excluding carboxylic acids is 1. The topological polar surface area (TPSA) is 44.4 Å². The average Bonchev–Trinajstić information content (AvgIpc) is 2.35. The van der Waals surface area contributed by atoms with Crippen LogP contribution in [-0.4, -0.2) is 50.1 Å². The summed E-state index contributed by atoms with van der Waals surface area (Å²) in [6.45, 7) is 12.1. The van der Waals surface area contributed by atoms with Crippen molar-refractivity contribution in [3.8, 4) is 0 Å². The molecule has 4 nitrogen and oxygen atoms in total. The Balaban J connectivity index is 2.33. The number of nitrogens with one attached hydrogen (secondary N) is 2. The lowest BCUT2D eigenvalue weighted by molar-refractivity contribution is -0.126. The first kappa shape index (κ1) is 15.2. The number of hydrogen-bond acceptors (Lipinski definition) is 3. The summed E-state index contributed by atoms with van der Waals surface area (Å²) in [7, 11) is 1.72. The molecule has 0 radical (unpaired) electrons. The minimum absolute atomic E-state index is 0.148. The molecule has 0 aromatic rings. The third-order valence-corrected chi connectivity index (χ3v) is 3.33. The van der Waals surface area contributed by atoms with Gasteiger partial charge in [0.1, 0.15) is 0 Å². The molecule has 1 rings (SSSR count). The fraction of sp³-hybridized carbons (Fsp3) is 0.786. The molecular formula is C14H27N3O. The zero-order chi connectivity index (χ0) is 13.5. The zero-order valence-electron chi connectivity index (χ0n) is 12.0. The van der Waals surface area contributed by atoms with Gasteiger partial charge in [-0.25, -0.2) is 0 Å². The standard InChI is InChI=1S/C14H27N3O/c1-11(2)16-8-12(3)9-17-7-5-6-13(10-17)14(18)15-4/h11,13,16H,3,5-10H2,1-2,4H3,(H,15,18). The number of carbonyl (C=O) groups is 1. The van der Waals surface area contributed by atoms with E-state index in [1.165, 1.54) is 5.57 Å². The molecule has 1 unspecified atom stereocenters. The molecule has 18 heavy (non-hydrogen) atoms. The smallest absolute Gasteiger partial charge is 0.224 e. The van der Waals surface area contributed by atoms with Crippen LogP contribution in [0.5, 0.6) is 0 Å². The number of nitrogens with zero attached hydrogens (tertiary/aromatic N) is 1. The lowest BCUT2D eigenvalue weighted by Crippen LogP contribution is -2.43. The normalized spacial score (nSPS) is 21.0. The Bertz CT molecular complexity index is 289. The van der Waals surface area contributed by atoms with Gasteiger partial charge in [0.25, 0.3) is 0 Å². The van der Waals surface area contributed by atoms with Crippen LogP contribution in [0.3, 0.4) is 0 Å².